The highest BCUT2D eigenvalue weighted by Gasteiger charge is 2.23. The second kappa shape index (κ2) is 7.45. The third kappa shape index (κ3) is 3.46. The van der Waals surface area contributed by atoms with Crippen LogP contribution in [0.5, 0.6) is 5.75 Å². The van der Waals surface area contributed by atoms with Gasteiger partial charge in [0.25, 0.3) is 5.91 Å². The van der Waals surface area contributed by atoms with Crippen LogP contribution in [0.1, 0.15) is 22.5 Å². The molecule has 0 bridgehead atoms. The maximum absolute atomic E-state index is 12.6. The number of para-hydroxylation sites is 2. The van der Waals surface area contributed by atoms with Crippen molar-refractivity contribution >= 4 is 23.0 Å². The lowest BCUT2D eigenvalue weighted by atomic mass is 10.0. The number of aryl methyl sites for hydroxylation is 1. The minimum Gasteiger partial charge on any atom is -0.495 e. The van der Waals surface area contributed by atoms with Crippen LogP contribution < -0.4 is 15.0 Å². The fourth-order valence-corrected chi connectivity index (χ4v) is 3.30. The van der Waals surface area contributed by atoms with E-state index in [2.05, 4.69) is 20.2 Å². The number of benzene rings is 1. The van der Waals surface area contributed by atoms with Crippen LogP contribution in [-0.2, 0) is 6.42 Å². The number of nitrogens with one attached hydrogen (secondary N) is 1. The van der Waals surface area contributed by atoms with Crippen LogP contribution in [0.2, 0.25) is 0 Å². The summed E-state index contributed by atoms with van der Waals surface area (Å²) in [5, 5.41) is 2.86. The minimum absolute atomic E-state index is 0.205. The van der Waals surface area contributed by atoms with Crippen molar-refractivity contribution in [2.45, 2.75) is 12.8 Å². The van der Waals surface area contributed by atoms with Gasteiger partial charge in [0.15, 0.2) is 0 Å². The molecule has 1 aliphatic rings. The van der Waals surface area contributed by atoms with Gasteiger partial charge in [-0.3, -0.25) is 14.8 Å². The van der Waals surface area contributed by atoms with Gasteiger partial charge in [-0.15, -0.1) is 0 Å². The second-order valence-corrected chi connectivity index (χ2v) is 6.31. The highest BCUT2D eigenvalue weighted by Crippen LogP contribution is 2.38. The quantitative estimate of drug-likeness (QED) is 0.766. The van der Waals surface area contributed by atoms with Crippen molar-refractivity contribution in [1.82, 2.24) is 9.97 Å². The van der Waals surface area contributed by atoms with E-state index in [4.69, 9.17) is 4.74 Å². The van der Waals surface area contributed by atoms with Crippen molar-refractivity contribution in [3.05, 3.63) is 72.3 Å². The topological polar surface area (TPSA) is 67.3 Å². The van der Waals surface area contributed by atoms with E-state index in [0.29, 0.717) is 11.3 Å². The van der Waals surface area contributed by atoms with Crippen LogP contribution in [0.15, 0.2) is 61.1 Å². The molecular formula is C21H20N4O2. The first-order valence-electron chi connectivity index (χ1n) is 8.87. The van der Waals surface area contributed by atoms with Crippen molar-refractivity contribution < 1.29 is 9.53 Å². The van der Waals surface area contributed by atoms with Crippen LogP contribution in [-0.4, -0.2) is 29.5 Å². The molecule has 3 aromatic rings. The predicted molar refractivity (Wildman–Crippen MR) is 105 cm³/mol. The summed E-state index contributed by atoms with van der Waals surface area (Å²) in [5.41, 5.74) is 4.09. The number of aromatic nitrogens is 2. The molecule has 6 heteroatoms. The van der Waals surface area contributed by atoms with Crippen LogP contribution in [0.25, 0.3) is 0 Å². The van der Waals surface area contributed by atoms with Gasteiger partial charge in [0.2, 0.25) is 0 Å². The summed E-state index contributed by atoms with van der Waals surface area (Å²) in [4.78, 5) is 23.4. The van der Waals surface area contributed by atoms with E-state index in [1.165, 1.54) is 0 Å². The van der Waals surface area contributed by atoms with E-state index in [9.17, 15) is 4.79 Å². The summed E-state index contributed by atoms with van der Waals surface area (Å²) in [6.07, 6.45) is 6.81. The van der Waals surface area contributed by atoms with E-state index < -0.39 is 0 Å². The van der Waals surface area contributed by atoms with Gasteiger partial charge in [-0.05, 0) is 43.2 Å². The van der Waals surface area contributed by atoms with E-state index in [1.807, 2.05) is 30.3 Å². The normalized spacial score (nSPS) is 13.0. The van der Waals surface area contributed by atoms with E-state index in [0.717, 1.165) is 42.2 Å². The lowest BCUT2D eigenvalue weighted by molar-refractivity contribution is 0.102. The molecule has 1 aliphatic heterocycles. The fourth-order valence-electron chi connectivity index (χ4n) is 3.30. The zero-order valence-corrected chi connectivity index (χ0v) is 15.1. The van der Waals surface area contributed by atoms with Crippen molar-refractivity contribution in [2.75, 3.05) is 23.9 Å². The maximum Gasteiger partial charge on any atom is 0.257 e. The first-order valence-corrected chi connectivity index (χ1v) is 8.87. The zero-order chi connectivity index (χ0) is 18.6. The summed E-state index contributed by atoms with van der Waals surface area (Å²) in [6.45, 7) is 0.850. The Labute approximate surface area is 157 Å². The highest BCUT2D eigenvalue weighted by atomic mass is 16.5. The number of carbonyl (C=O) groups excluding carboxylic acids is 1. The van der Waals surface area contributed by atoms with Crippen LogP contribution in [0.3, 0.4) is 0 Å². The molecule has 0 saturated carbocycles. The molecule has 0 radical (unpaired) electrons. The Balaban J connectivity index is 1.68. The zero-order valence-electron chi connectivity index (χ0n) is 15.1. The number of carbonyl (C=O) groups is 1. The summed E-state index contributed by atoms with van der Waals surface area (Å²) in [6, 6.07) is 13.4. The molecule has 0 saturated heterocycles. The Kier molecular flexibility index (Phi) is 4.70. The van der Waals surface area contributed by atoms with Crippen molar-refractivity contribution in [2.24, 2.45) is 0 Å². The Morgan fingerprint density at radius 3 is 2.85 bits per heavy atom. The molecule has 1 N–H and O–H groups in total. The number of hydrogen-bond acceptors (Lipinski definition) is 5. The van der Waals surface area contributed by atoms with Crippen LogP contribution >= 0.6 is 0 Å². The van der Waals surface area contributed by atoms with E-state index >= 15 is 0 Å². The molecule has 6 nitrogen and oxygen atoms in total. The average molecular weight is 360 g/mol. The number of fused-ring (bicyclic) bond motifs is 1. The van der Waals surface area contributed by atoms with Gasteiger partial charge >= 0.3 is 0 Å². The van der Waals surface area contributed by atoms with Crippen molar-refractivity contribution in [3.63, 3.8) is 0 Å². The van der Waals surface area contributed by atoms with Gasteiger partial charge in [-0.25, -0.2) is 0 Å². The summed E-state index contributed by atoms with van der Waals surface area (Å²) >= 11 is 0. The van der Waals surface area contributed by atoms with E-state index in [1.54, 1.807) is 37.8 Å². The monoisotopic (exact) mass is 360 g/mol. The first-order chi connectivity index (χ1) is 13.3. The number of anilines is 3. The molecule has 0 atom stereocenters. The molecule has 0 unspecified atom stereocenters. The Morgan fingerprint density at radius 1 is 1.15 bits per heavy atom. The lowest BCUT2D eigenvalue weighted by Gasteiger charge is -2.31. The molecule has 2 aromatic heterocycles. The summed E-state index contributed by atoms with van der Waals surface area (Å²) in [5.74, 6) is 0.597. The number of nitrogens with zero attached hydrogens (tertiary/aromatic N) is 3. The Bertz CT molecular complexity index is 959. The number of rotatable bonds is 4. The molecule has 1 amide bonds. The SMILES string of the molecule is COc1ccccc1N1CCCc2ncc(C(=O)Nc3cccnc3)cc21. The first kappa shape index (κ1) is 17.0. The largest absolute Gasteiger partial charge is 0.495 e. The van der Waals surface area contributed by atoms with Gasteiger partial charge in [-0.2, -0.15) is 0 Å². The summed E-state index contributed by atoms with van der Waals surface area (Å²) < 4.78 is 5.52. The van der Waals surface area contributed by atoms with Gasteiger partial charge in [0.05, 0.1) is 41.6 Å². The number of amides is 1. The second-order valence-electron chi connectivity index (χ2n) is 6.31. The lowest BCUT2D eigenvalue weighted by Crippen LogP contribution is -2.26. The van der Waals surface area contributed by atoms with E-state index in [-0.39, 0.29) is 5.91 Å². The molecule has 0 spiro atoms. The Hall–Kier alpha value is -3.41. The predicted octanol–water partition coefficient (Wildman–Crippen LogP) is 3.82. The van der Waals surface area contributed by atoms with Crippen molar-refractivity contribution in [1.29, 1.82) is 0 Å². The molecule has 27 heavy (non-hydrogen) atoms. The van der Waals surface area contributed by atoms with Gasteiger partial charge in [-0.1, -0.05) is 12.1 Å². The number of hydrogen-bond donors (Lipinski definition) is 1. The number of methoxy groups -OCH3 is 1. The average Bonchev–Trinajstić information content (AvgIpc) is 2.73. The molecule has 1 aromatic carbocycles. The molecule has 4 rings (SSSR count). The van der Waals surface area contributed by atoms with Gasteiger partial charge in [0.1, 0.15) is 5.75 Å². The standard InChI is InChI=1S/C21H20N4O2/c1-27-20-9-3-2-8-18(20)25-11-5-7-17-19(25)12-15(13-23-17)21(26)24-16-6-4-10-22-14-16/h2-4,6,8-10,12-14H,5,7,11H2,1H3,(H,24,26). The number of ether oxygens (including phenoxy) is 1. The Morgan fingerprint density at radius 2 is 2.04 bits per heavy atom. The third-order valence-electron chi connectivity index (χ3n) is 4.59. The fraction of sp³-hybridized carbons (Fsp3) is 0.190. The number of pyridine rings is 2. The van der Waals surface area contributed by atoms with Crippen LogP contribution in [0.4, 0.5) is 17.1 Å². The molecule has 0 fully saturated rings. The molecule has 136 valence electrons. The summed E-state index contributed by atoms with van der Waals surface area (Å²) in [7, 11) is 1.67. The minimum atomic E-state index is -0.205. The molecule has 0 aliphatic carbocycles. The third-order valence-corrected chi connectivity index (χ3v) is 4.59. The maximum atomic E-state index is 12.6. The molecular weight excluding hydrogens is 340 g/mol. The van der Waals surface area contributed by atoms with Crippen molar-refractivity contribution in [3.8, 4) is 5.75 Å². The highest BCUT2D eigenvalue weighted by molar-refractivity contribution is 6.04. The van der Waals surface area contributed by atoms with Gasteiger partial charge in [0, 0.05) is 18.9 Å². The van der Waals surface area contributed by atoms with Gasteiger partial charge < -0.3 is 15.0 Å². The van der Waals surface area contributed by atoms with Crippen LogP contribution in [0, 0.1) is 0 Å². The molecule has 3 heterocycles. The smallest absolute Gasteiger partial charge is 0.257 e.